The van der Waals surface area contributed by atoms with Gasteiger partial charge in [-0.15, -0.1) is 11.3 Å². The van der Waals surface area contributed by atoms with E-state index >= 15 is 0 Å². The maximum Gasteiger partial charge on any atom is 0.0971 e. The second-order valence-electron chi connectivity index (χ2n) is 4.66. The number of aryl methyl sites for hydroxylation is 1. The molecule has 0 bridgehead atoms. The molecule has 0 spiro atoms. The molecule has 2 N–H and O–H groups in total. The van der Waals surface area contributed by atoms with Gasteiger partial charge in [0.15, 0.2) is 0 Å². The number of hydrogen-bond acceptors (Lipinski definition) is 4. The van der Waals surface area contributed by atoms with Crippen LogP contribution in [0.3, 0.4) is 0 Å². The average Bonchev–Trinajstić information content (AvgIpc) is 2.75. The third-order valence-electron chi connectivity index (χ3n) is 3.17. The van der Waals surface area contributed by atoms with E-state index in [1.807, 2.05) is 17.5 Å². The van der Waals surface area contributed by atoms with E-state index in [4.69, 9.17) is 5.73 Å². The first kappa shape index (κ1) is 12.0. The van der Waals surface area contributed by atoms with Crippen LogP contribution < -0.4 is 5.73 Å². The predicted molar refractivity (Wildman–Crippen MR) is 69.0 cm³/mol. The molecular formula is C12H21N3S. The summed E-state index contributed by atoms with van der Waals surface area (Å²) < 4.78 is 0. The molecule has 0 amide bonds. The van der Waals surface area contributed by atoms with Crippen molar-refractivity contribution < 1.29 is 0 Å². The molecule has 90 valence electrons. The zero-order valence-electron chi connectivity index (χ0n) is 9.98. The van der Waals surface area contributed by atoms with Gasteiger partial charge in [0.2, 0.25) is 0 Å². The SMILES string of the molecule is CN1CCCC(c2ncc(CCCN)s2)C1. The topological polar surface area (TPSA) is 42.2 Å². The van der Waals surface area contributed by atoms with E-state index in [1.165, 1.54) is 35.8 Å². The van der Waals surface area contributed by atoms with E-state index in [9.17, 15) is 0 Å². The predicted octanol–water partition coefficient (Wildman–Crippen LogP) is 1.84. The highest BCUT2D eigenvalue weighted by Crippen LogP contribution is 2.29. The molecule has 1 aliphatic rings. The van der Waals surface area contributed by atoms with Gasteiger partial charge in [0.1, 0.15) is 0 Å². The van der Waals surface area contributed by atoms with Gasteiger partial charge in [0.05, 0.1) is 5.01 Å². The molecule has 2 heterocycles. The number of nitrogens with two attached hydrogens (primary N) is 1. The number of likely N-dealkylation sites (tertiary alicyclic amines) is 1. The van der Waals surface area contributed by atoms with Crippen LogP contribution in [-0.2, 0) is 6.42 Å². The molecule has 1 aromatic heterocycles. The van der Waals surface area contributed by atoms with E-state index in [2.05, 4.69) is 16.9 Å². The van der Waals surface area contributed by atoms with Gasteiger partial charge >= 0.3 is 0 Å². The van der Waals surface area contributed by atoms with E-state index < -0.39 is 0 Å². The lowest BCUT2D eigenvalue weighted by Crippen LogP contribution is -2.30. The summed E-state index contributed by atoms with van der Waals surface area (Å²) in [5.74, 6) is 0.662. The molecular weight excluding hydrogens is 218 g/mol. The Morgan fingerprint density at radius 3 is 3.25 bits per heavy atom. The number of piperidine rings is 1. The van der Waals surface area contributed by atoms with Crippen molar-refractivity contribution in [2.45, 2.75) is 31.6 Å². The molecule has 0 radical (unpaired) electrons. The summed E-state index contributed by atoms with van der Waals surface area (Å²) in [5.41, 5.74) is 5.52. The van der Waals surface area contributed by atoms with Crippen molar-refractivity contribution in [3.63, 3.8) is 0 Å². The van der Waals surface area contributed by atoms with Gasteiger partial charge < -0.3 is 10.6 Å². The molecule has 0 aliphatic carbocycles. The van der Waals surface area contributed by atoms with E-state index in [0.717, 1.165) is 19.4 Å². The maximum atomic E-state index is 5.52. The minimum absolute atomic E-state index is 0.662. The van der Waals surface area contributed by atoms with E-state index in [0.29, 0.717) is 5.92 Å². The molecule has 2 rings (SSSR count). The van der Waals surface area contributed by atoms with Gasteiger partial charge in [-0.25, -0.2) is 4.98 Å². The lowest BCUT2D eigenvalue weighted by molar-refractivity contribution is 0.250. The Hall–Kier alpha value is -0.450. The number of nitrogens with zero attached hydrogens (tertiary/aromatic N) is 2. The number of aromatic nitrogens is 1. The molecule has 4 heteroatoms. The number of likely N-dealkylation sites (N-methyl/N-ethyl adjacent to an activating group) is 1. The lowest BCUT2D eigenvalue weighted by Gasteiger charge is -2.28. The third kappa shape index (κ3) is 3.03. The highest BCUT2D eigenvalue weighted by molar-refractivity contribution is 7.11. The van der Waals surface area contributed by atoms with Crippen LogP contribution in [0.4, 0.5) is 0 Å². The van der Waals surface area contributed by atoms with Gasteiger partial charge in [-0.3, -0.25) is 0 Å². The molecule has 1 aliphatic heterocycles. The normalized spacial score (nSPS) is 22.5. The maximum absolute atomic E-state index is 5.52. The van der Waals surface area contributed by atoms with Gasteiger partial charge in [-0.2, -0.15) is 0 Å². The molecule has 1 saturated heterocycles. The van der Waals surface area contributed by atoms with Crippen molar-refractivity contribution in [1.29, 1.82) is 0 Å². The van der Waals surface area contributed by atoms with Crippen molar-refractivity contribution in [1.82, 2.24) is 9.88 Å². The van der Waals surface area contributed by atoms with Gasteiger partial charge in [0.25, 0.3) is 0 Å². The summed E-state index contributed by atoms with van der Waals surface area (Å²) >= 11 is 1.89. The Morgan fingerprint density at radius 1 is 1.62 bits per heavy atom. The highest BCUT2D eigenvalue weighted by Gasteiger charge is 2.21. The van der Waals surface area contributed by atoms with Crippen molar-refractivity contribution in [3.05, 3.63) is 16.1 Å². The second-order valence-corrected chi connectivity index (χ2v) is 5.81. The Morgan fingerprint density at radius 2 is 2.50 bits per heavy atom. The Labute approximate surface area is 102 Å². The number of hydrogen-bond donors (Lipinski definition) is 1. The number of thiazole rings is 1. The first-order valence-corrected chi connectivity index (χ1v) is 6.94. The van der Waals surface area contributed by atoms with Crippen molar-refractivity contribution in [2.75, 3.05) is 26.7 Å². The first-order valence-electron chi connectivity index (χ1n) is 6.13. The zero-order chi connectivity index (χ0) is 11.4. The fourth-order valence-electron chi connectivity index (χ4n) is 2.27. The van der Waals surface area contributed by atoms with Crippen molar-refractivity contribution in [3.8, 4) is 0 Å². The Kier molecular flexibility index (Phi) is 4.32. The third-order valence-corrected chi connectivity index (χ3v) is 4.39. The fraction of sp³-hybridized carbons (Fsp3) is 0.750. The minimum atomic E-state index is 0.662. The summed E-state index contributed by atoms with van der Waals surface area (Å²) in [5, 5.41) is 1.33. The summed E-state index contributed by atoms with van der Waals surface area (Å²) in [4.78, 5) is 8.39. The van der Waals surface area contributed by atoms with Crippen LogP contribution >= 0.6 is 11.3 Å². The largest absolute Gasteiger partial charge is 0.330 e. The summed E-state index contributed by atoms with van der Waals surface area (Å²) in [7, 11) is 2.20. The fourth-order valence-corrected chi connectivity index (χ4v) is 3.36. The number of rotatable bonds is 4. The van der Waals surface area contributed by atoms with E-state index in [1.54, 1.807) is 0 Å². The zero-order valence-corrected chi connectivity index (χ0v) is 10.8. The van der Waals surface area contributed by atoms with Crippen LogP contribution in [0, 0.1) is 0 Å². The van der Waals surface area contributed by atoms with Crippen molar-refractivity contribution >= 4 is 11.3 Å². The molecule has 1 atom stereocenters. The summed E-state index contributed by atoms with van der Waals surface area (Å²) in [6.07, 6.45) is 6.82. The second kappa shape index (κ2) is 5.75. The smallest absolute Gasteiger partial charge is 0.0971 e. The van der Waals surface area contributed by atoms with Crippen LogP contribution in [-0.4, -0.2) is 36.6 Å². The molecule has 3 nitrogen and oxygen atoms in total. The van der Waals surface area contributed by atoms with Gasteiger partial charge in [0, 0.05) is 23.5 Å². The lowest BCUT2D eigenvalue weighted by atomic mass is 9.99. The Balaban J connectivity index is 1.95. The average molecular weight is 239 g/mol. The standard InChI is InChI=1S/C12H21N3S/c1-15-7-3-4-10(9-15)12-14-8-11(16-12)5-2-6-13/h8,10H,2-7,9,13H2,1H3. The van der Waals surface area contributed by atoms with Crippen molar-refractivity contribution in [2.24, 2.45) is 5.73 Å². The van der Waals surface area contributed by atoms with Crippen LogP contribution in [0.1, 0.15) is 35.1 Å². The van der Waals surface area contributed by atoms with Crippen LogP contribution in [0.15, 0.2) is 6.20 Å². The van der Waals surface area contributed by atoms with Crippen LogP contribution in [0.5, 0.6) is 0 Å². The molecule has 1 unspecified atom stereocenters. The molecule has 0 aromatic carbocycles. The quantitative estimate of drug-likeness (QED) is 0.872. The summed E-state index contributed by atoms with van der Waals surface area (Å²) in [6.45, 7) is 3.19. The van der Waals surface area contributed by atoms with Crippen LogP contribution in [0.25, 0.3) is 0 Å². The van der Waals surface area contributed by atoms with Gasteiger partial charge in [-0.1, -0.05) is 0 Å². The molecule has 0 saturated carbocycles. The monoisotopic (exact) mass is 239 g/mol. The van der Waals surface area contributed by atoms with Gasteiger partial charge in [-0.05, 0) is 45.8 Å². The molecule has 16 heavy (non-hydrogen) atoms. The van der Waals surface area contributed by atoms with Crippen LogP contribution in [0.2, 0.25) is 0 Å². The first-order chi connectivity index (χ1) is 7.79. The molecule has 1 aromatic rings. The summed E-state index contributed by atoms with van der Waals surface area (Å²) in [6, 6.07) is 0. The highest BCUT2D eigenvalue weighted by atomic mass is 32.1. The Bertz CT molecular complexity index is 324. The molecule has 1 fully saturated rings. The minimum Gasteiger partial charge on any atom is -0.330 e. The van der Waals surface area contributed by atoms with E-state index in [-0.39, 0.29) is 0 Å².